The Kier molecular flexibility index (Phi) is 4.91. The molecule has 0 aliphatic carbocycles. The first kappa shape index (κ1) is 19.7. The van der Waals surface area contributed by atoms with Crippen molar-refractivity contribution in [3.05, 3.63) is 60.4 Å². The first-order valence-electron chi connectivity index (χ1n) is 9.88. The summed E-state index contributed by atoms with van der Waals surface area (Å²) in [4.78, 5) is 16.4. The molecule has 0 spiro atoms. The molecule has 0 radical (unpaired) electrons. The maximum Gasteiger partial charge on any atom is 0.192 e. The molecule has 0 bridgehead atoms. The summed E-state index contributed by atoms with van der Waals surface area (Å²) in [6.07, 6.45) is 6.04. The molecular weight excluding hydrogens is 416 g/mol. The van der Waals surface area contributed by atoms with Gasteiger partial charge in [-0.1, -0.05) is 6.07 Å². The van der Waals surface area contributed by atoms with E-state index in [0.29, 0.717) is 23.9 Å². The van der Waals surface area contributed by atoms with Crippen molar-refractivity contribution < 1.29 is 17.9 Å². The normalized spacial score (nSPS) is 16.6. The highest BCUT2D eigenvalue weighted by molar-refractivity contribution is 7.90. The highest BCUT2D eigenvalue weighted by Crippen LogP contribution is 2.39. The van der Waals surface area contributed by atoms with E-state index in [1.807, 2.05) is 30.3 Å². The summed E-state index contributed by atoms with van der Waals surface area (Å²) in [5, 5.41) is 0.00298. The minimum Gasteiger partial charge on any atom is -0.455 e. The third-order valence-corrected chi connectivity index (χ3v) is 6.12. The highest BCUT2D eigenvalue weighted by atomic mass is 32.2. The molecule has 8 nitrogen and oxygen atoms in total. The molecule has 3 aromatic heterocycles. The van der Waals surface area contributed by atoms with Crippen LogP contribution in [0, 0.1) is 0 Å². The number of aromatic amines is 1. The second-order valence-corrected chi connectivity index (χ2v) is 9.38. The molecule has 5 rings (SSSR count). The summed E-state index contributed by atoms with van der Waals surface area (Å²) in [6, 6.07) is 12.6. The standard InChI is InChI=1S/C22H20N4O4S/c1-31(27,28)21-8-7-14(13-24-21)30-20-12-18-17(11-15(20)19-6-4-10-29-19)25-22(26-18)16-5-2-3-9-23-16/h2-3,5,7-9,11-13,19H,4,6,10H2,1H3,(H,25,26). The summed E-state index contributed by atoms with van der Waals surface area (Å²) in [5.41, 5.74) is 3.25. The van der Waals surface area contributed by atoms with Crippen LogP contribution in [0.5, 0.6) is 11.5 Å². The number of H-pyrrole nitrogens is 1. The number of pyridine rings is 2. The molecule has 0 amide bonds. The van der Waals surface area contributed by atoms with E-state index in [2.05, 4.69) is 15.0 Å². The molecule has 1 saturated heterocycles. The van der Waals surface area contributed by atoms with Gasteiger partial charge in [-0.05, 0) is 43.2 Å². The van der Waals surface area contributed by atoms with E-state index in [-0.39, 0.29) is 11.1 Å². The molecule has 1 fully saturated rings. The lowest BCUT2D eigenvalue weighted by Gasteiger charge is -2.16. The number of ether oxygens (including phenoxy) is 2. The first-order chi connectivity index (χ1) is 15.0. The van der Waals surface area contributed by atoms with Gasteiger partial charge in [0.15, 0.2) is 20.7 Å². The maximum atomic E-state index is 11.7. The molecular formula is C22H20N4O4S. The minimum atomic E-state index is -3.37. The number of fused-ring (bicyclic) bond motifs is 1. The number of hydrogen-bond donors (Lipinski definition) is 1. The van der Waals surface area contributed by atoms with Crippen molar-refractivity contribution in [2.75, 3.05) is 12.9 Å². The zero-order chi connectivity index (χ0) is 21.4. The van der Waals surface area contributed by atoms with Crippen LogP contribution < -0.4 is 4.74 Å². The van der Waals surface area contributed by atoms with E-state index in [0.717, 1.165) is 41.4 Å². The molecule has 1 aliphatic heterocycles. The SMILES string of the molecule is CS(=O)(=O)c1ccc(Oc2cc3[nH]c(-c4ccccn4)nc3cc2C2CCCO2)cn1. The molecule has 158 valence electrons. The molecule has 1 N–H and O–H groups in total. The zero-order valence-corrected chi connectivity index (χ0v) is 17.6. The largest absolute Gasteiger partial charge is 0.455 e. The van der Waals surface area contributed by atoms with E-state index < -0.39 is 9.84 Å². The van der Waals surface area contributed by atoms with Gasteiger partial charge in [-0.25, -0.2) is 18.4 Å². The average molecular weight is 436 g/mol. The number of hydrogen-bond acceptors (Lipinski definition) is 7. The number of aromatic nitrogens is 4. The van der Waals surface area contributed by atoms with Crippen molar-refractivity contribution in [1.82, 2.24) is 19.9 Å². The van der Waals surface area contributed by atoms with Gasteiger partial charge >= 0.3 is 0 Å². The van der Waals surface area contributed by atoms with Gasteiger partial charge in [-0.15, -0.1) is 0 Å². The lowest BCUT2D eigenvalue weighted by atomic mass is 10.0. The number of imidazole rings is 1. The Labute approximate surface area is 179 Å². The second kappa shape index (κ2) is 7.75. The molecule has 1 atom stereocenters. The molecule has 0 saturated carbocycles. The van der Waals surface area contributed by atoms with Crippen molar-refractivity contribution in [1.29, 1.82) is 0 Å². The van der Waals surface area contributed by atoms with Crippen molar-refractivity contribution in [2.24, 2.45) is 0 Å². The van der Waals surface area contributed by atoms with Crippen LogP contribution in [0.3, 0.4) is 0 Å². The average Bonchev–Trinajstić information content (AvgIpc) is 3.43. The predicted molar refractivity (Wildman–Crippen MR) is 115 cm³/mol. The number of rotatable bonds is 5. The van der Waals surface area contributed by atoms with E-state index in [1.165, 1.54) is 12.3 Å². The molecule has 4 heterocycles. The molecule has 1 aromatic carbocycles. The van der Waals surface area contributed by atoms with Gasteiger partial charge in [0.2, 0.25) is 0 Å². The lowest BCUT2D eigenvalue weighted by molar-refractivity contribution is 0.110. The van der Waals surface area contributed by atoms with Crippen LogP contribution >= 0.6 is 0 Å². The van der Waals surface area contributed by atoms with Gasteiger partial charge in [0.05, 0.1) is 23.3 Å². The van der Waals surface area contributed by atoms with Gasteiger partial charge in [-0.3, -0.25) is 4.98 Å². The number of benzene rings is 1. The van der Waals surface area contributed by atoms with Gasteiger partial charge in [0, 0.05) is 30.7 Å². The predicted octanol–water partition coefficient (Wildman–Crippen LogP) is 4.07. The van der Waals surface area contributed by atoms with Crippen LogP contribution in [0.1, 0.15) is 24.5 Å². The van der Waals surface area contributed by atoms with E-state index in [1.54, 1.807) is 12.3 Å². The fraction of sp³-hybridized carbons (Fsp3) is 0.227. The maximum absolute atomic E-state index is 11.7. The van der Waals surface area contributed by atoms with Crippen molar-refractivity contribution in [2.45, 2.75) is 24.0 Å². The monoisotopic (exact) mass is 436 g/mol. The van der Waals surface area contributed by atoms with Gasteiger partial charge in [0.25, 0.3) is 0 Å². The van der Waals surface area contributed by atoms with Gasteiger partial charge < -0.3 is 14.5 Å². The van der Waals surface area contributed by atoms with E-state index >= 15 is 0 Å². The summed E-state index contributed by atoms with van der Waals surface area (Å²) in [5.74, 6) is 1.73. The Bertz CT molecular complexity index is 1330. The molecule has 1 aliphatic rings. The highest BCUT2D eigenvalue weighted by Gasteiger charge is 2.24. The van der Waals surface area contributed by atoms with Gasteiger partial charge in [0.1, 0.15) is 17.2 Å². The molecule has 4 aromatic rings. The Morgan fingerprint density at radius 2 is 2.06 bits per heavy atom. The van der Waals surface area contributed by atoms with Crippen LogP contribution in [0.2, 0.25) is 0 Å². The molecule has 31 heavy (non-hydrogen) atoms. The molecule has 1 unspecified atom stereocenters. The topological polar surface area (TPSA) is 107 Å². The second-order valence-electron chi connectivity index (χ2n) is 7.42. The third-order valence-electron chi connectivity index (χ3n) is 5.11. The Morgan fingerprint density at radius 1 is 1.16 bits per heavy atom. The fourth-order valence-electron chi connectivity index (χ4n) is 3.61. The smallest absolute Gasteiger partial charge is 0.192 e. The number of sulfone groups is 1. The molecule has 9 heteroatoms. The van der Waals surface area contributed by atoms with Gasteiger partial charge in [-0.2, -0.15) is 0 Å². The van der Waals surface area contributed by atoms with Crippen molar-refractivity contribution >= 4 is 20.9 Å². The summed E-state index contributed by atoms with van der Waals surface area (Å²) in [6.45, 7) is 0.701. The Hall–Kier alpha value is -3.30. The van der Waals surface area contributed by atoms with Crippen LogP contribution in [-0.4, -0.2) is 41.2 Å². The quantitative estimate of drug-likeness (QED) is 0.502. The summed E-state index contributed by atoms with van der Waals surface area (Å²) < 4.78 is 35.3. The van der Waals surface area contributed by atoms with Crippen molar-refractivity contribution in [3.8, 4) is 23.0 Å². The van der Waals surface area contributed by atoms with E-state index in [4.69, 9.17) is 14.5 Å². The third kappa shape index (κ3) is 4.01. The van der Waals surface area contributed by atoms with Crippen LogP contribution in [0.15, 0.2) is 59.9 Å². The fourth-order valence-corrected chi connectivity index (χ4v) is 4.17. The van der Waals surface area contributed by atoms with Crippen LogP contribution in [-0.2, 0) is 14.6 Å². The van der Waals surface area contributed by atoms with E-state index in [9.17, 15) is 8.42 Å². The Balaban J connectivity index is 1.55. The first-order valence-corrected chi connectivity index (χ1v) is 11.8. The minimum absolute atomic E-state index is 0.00298. The zero-order valence-electron chi connectivity index (χ0n) is 16.8. The number of nitrogens with one attached hydrogen (secondary N) is 1. The van der Waals surface area contributed by atoms with Crippen LogP contribution in [0.25, 0.3) is 22.6 Å². The summed E-state index contributed by atoms with van der Waals surface area (Å²) in [7, 11) is -3.37. The Morgan fingerprint density at radius 3 is 2.74 bits per heavy atom. The number of nitrogens with zero attached hydrogens (tertiary/aromatic N) is 3. The summed E-state index contributed by atoms with van der Waals surface area (Å²) >= 11 is 0. The van der Waals surface area contributed by atoms with Crippen molar-refractivity contribution in [3.63, 3.8) is 0 Å². The van der Waals surface area contributed by atoms with Crippen LogP contribution in [0.4, 0.5) is 0 Å². The lowest BCUT2D eigenvalue weighted by Crippen LogP contribution is -2.02.